The van der Waals surface area contributed by atoms with E-state index in [9.17, 15) is 8.42 Å². The Bertz CT molecular complexity index is 1130. The van der Waals surface area contributed by atoms with Crippen molar-refractivity contribution in [1.82, 2.24) is 24.5 Å². The third kappa shape index (κ3) is 4.08. The van der Waals surface area contributed by atoms with Gasteiger partial charge in [0, 0.05) is 30.4 Å². The molecule has 1 aliphatic heterocycles. The number of H-pyrrole nitrogens is 1. The van der Waals surface area contributed by atoms with Crippen LogP contribution in [-0.2, 0) is 10.0 Å². The summed E-state index contributed by atoms with van der Waals surface area (Å²) in [6.45, 7) is 6.34. The predicted molar refractivity (Wildman–Crippen MR) is 115 cm³/mol. The third-order valence-corrected chi connectivity index (χ3v) is 7.61. The van der Waals surface area contributed by atoms with Crippen LogP contribution in [0, 0.1) is 20.8 Å². The molecule has 0 saturated carbocycles. The first-order chi connectivity index (χ1) is 14.3. The van der Waals surface area contributed by atoms with Gasteiger partial charge in [0.15, 0.2) is 0 Å². The van der Waals surface area contributed by atoms with E-state index >= 15 is 0 Å². The molecular formula is C21H26N6O2S. The molecule has 0 spiro atoms. The van der Waals surface area contributed by atoms with Crippen molar-refractivity contribution in [3.63, 3.8) is 0 Å². The van der Waals surface area contributed by atoms with Crippen molar-refractivity contribution < 1.29 is 8.42 Å². The van der Waals surface area contributed by atoms with Crippen LogP contribution in [0.4, 0.5) is 11.6 Å². The molecule has 2 N–H and O–H groups in total. The minimum atomic E-state index is -3.54. The molecule has 0 aromatic carbocycles. The molecule has 158 valence electrons. The Morgan fingerprint density at radius 3 is 2.30 bits per heavy atom. The number of nitrogens with zero attached hydrogens (tertiary/aromatic N) is 4. The van der Waals surface area contributed by atoms with Gasteiger partial charge in [0.1, 0.15) is 16.5 Å². The third-order valence-electron chi connectivity index (χ3n) is 5.45. The van der Waals surface area contributed by atoms with E-state index in [1.54, 1.807) is 18.2 Å². The average Bonchev–Trinajstić information content (AvgIpc) is 3.07. The SMILES string of the molecule is Cc1cccc(Nc2cccc(C3CCN(S(=O)(=O)c4c(C)n[nH]c4C)CC3)n2)n1. The molecule has 30 heavy (non-hydrogen) atoms. The number of pyridine rings is 2. The van der Waals surface area contributed by atoms with E-state index in [-0.39, 0.29) is 5.92 Å². The molecule has 0 unspecified atom stereocenters. The standard InChI is InChI=1S/C21H26N6O2S/c1-14-6-4-8-19(22-14)24-20-9-5-7-18(23-20)17-10-12-27(13-11-17)30(28,29)21-15(2)25-26-16(21)3/h4-9,17H,10-13H2,1-3H3,(H,25,26)(H,22,23,24). The van der Waals surface area contributed by atoms with Crippen LogP contribution in [0.25, 0.3) is 0 Å². The van der Waals surface area contributed by atoms with Crippen LogP contribution in [0.3, 0.4) is 0 Å². The zero-order valence-corrected chi connectivity index (χ0v) is 18.2. The van der Waals surface area contributed by atoms with E-state index in [0.717, 1.165) is 35.9 Å². The first kappa shape index (κ1) is 20.5. The van der Waals surface area contributed by atoms with E-state index in [1.165, 1.54) is 0 Å². The van der Waals surface area contributed by atoms with Gasteiger partial charge in [-0.25, -0.2) is 18.4 Å². The highest BCUT2D eigenvalue weighted by Crippen LogP contribution is 2.31. The van der Waals surface area contributed by atoms with Gasteiger partial charge in [-0.1, -0.05) is 12.1 Å². The van der Waals surface area contributed by atoms with Crippen molar-refractivity contribution in [2.24, 2.45) is 0 Å². The molecule has 4 heterocycles. The molecule has 1 fully saturated rings. The lowest BCUT2D eigenvalue weighted by molar-refractivity contribution is 0.316. The van der Waals surface area contributed by atoms with Gasteiger partial charge < -0.3 is 5.32 Å². The Labute approximate surface area is 176 Å². The van der Waals surface area contributed by atoms with Gasteiger partial charge in [-0.05, 0) is 57.9 Å². The van der Waals surface area contributed by atoms with Crippen LogP contribution in [0.2, 0.25) is 0 Å². The highest BCUT2D eigenvalue weighted by molar-refractivity contribution is 7.89. The number of piperidine rings is 1. The number of aromatic nitrogens is 4. The molecule has 3 aromatic rings. The lowest BCUT2D eigenvalue weighted by Gasteiger charge is -2.31. The summed E-state index contributed by atoms with van der Waals surface area (Å²) in [4.78, 5) is 9.51. The number of aromatic amines is 1. The van der Waals surface area contributed by atoms with E-state index in [0.29, 0.717) is 29.4 Å². The van der Waals surface area contributed by atoms with Crippen molar-refractivity contribution >= 4 is 21.7 Å². The normalized spacial score (nSPS) is 16.0. The topological polar surface area (TPSA) is 104 Å². The second kappa shape index (κ2) is 8.16. The fraction of sp³-hybridized carbons (Fsp3) is 0.381. The first-order valence-electron chi connectivity index (χ1n) is 10.0. The summed E-state index contributed by atoms with van der Waals surface area (Å²) in [5, 5.41) is 10.1. The Hall–Kier alpha value is -2.78. The summed E-state index contributed by atoms with van der Waals surface area (Å²) >= 11 is 0. The fourth-order valence-electron chi connectivity index (χ4n) is 3.93. The van der Waals surface area contributed by atoms with Crippen molar-refractivity contribution in [3.8, 4) is 0 Å². The maximum Gasteiger partial charge on any atom is 0.246 e. The van der Waals surface area contributed by atoms with E-state index in [4.69, 9.17) is 4.98 Å². The smallest absolute Gasteiger partial charge is 0.246 e. The summed E-state index contributed by atoms with van der Waals surface area (Å²) in [5.41, 5.74) is 3.01. The molecule has 1 aliphatic rings. The molecule has 8 nitrogen and oxygen atoms in total. The van der Waals surface area contributed by atoms with Crippen molar-refractivity contribution in [3.05, 3.63) is 59.2 Å². The summed E-state index contributed by atoms with van der Waals surface area (Å²) in [7, 11) is -3.54. The molecule has 0 bridgehead atoms. The second-order valence-electron chi connectivity index (χ2n) is 7.68. The van der Waals surface area contributed by atoms with Gasteiger partial charge >= 0.3 is 0 Å². The maximum absolute atomic E-state index is 13.1. The van der Waals surface area contributed by atoms with Crippen LogP contribution >= 0.6 is 0 Å². The number of hydrogen-bond acceptors (Lipinski definition) is 6. The number of nitrogens with one attached hydrogen (secondary N) is 2. The monoisotopic (exact) mass is 426 g/mol. The van der Waals surface area contributed by atoms with Crippen molar-refractivity contribution in [2.45, 2.75) is 44.4 Å². The fourth-order valence-corrected chi connectivity index (χ4v) is 5.74. The van der Waals surface area contributed by atoms with E-state index in [1.807, 2.05) is 43.3 Å². The first-order valence-corrected chi connectivity index (χ1v) is 11.5. The summed E-state index contributed by atoms with van der Waals surface area (Å²) in [6, 6.07) is 11.7. The average molecular weight is 427 g/mol. The van der Waals surface area contributed by atoms with Gasteiger partial charge in [0.2, 0.25) is 10.0 Å². The molecule has 1 saturated heterocycles. The minimum Gasteiger partial charge on any atom is -0.325 e. The van der Waals surface area contributed by atoms with Gasteiger partial charge in [0.25, 0.3) is 0 Å². The number of sulfonamides is 1. The predicted octanol–water partition coefficient (Wildman–Crippen LogP) is 3.44. The summed E-state index contributed by atoms with van der Waals surface area (Å²) in [6.07, 6.45) is 1.46. The quantitative estimate of drug-likeness (QED) is 0.648. The largest absolute Gasteiger partial charge is 0.325 e. The van der Waals surface area contributed by atoms with Crippen LogP contribution in [0.1, 0.15) is 41.5 Å². The Morgan fingerprint density at radius 2 is 1.67 bits per heavy atom. The van der Waals surface area contributed by atoms with Gasteiger partial charge in [-0.3, -0.25) is 5.10 Å². The molecule has 0 radical (unpaired) electrons. The molecule has 9 heteroatoms. The minimum absolute atomic E-state index is 0.218. The van der Waals surface area contributed by atoms with Crippen LogP contribution < -0.4 is 5.32 Å². The Morgan fingerprint density at radius 1 is 1.00 bits per heavy atom. The lowest BCUT2D eigenvalue weighted by Crippen LogP contribution is -2.38. The van der Waals surface area contributed by atoms with Gasteiger partial charge in [-0.2, -0.15) is 9.40 Å². The number of anilines is 2. The molecule has 0 aliphatic carbocycles. The maximum atomic E-state index is 13.1. The zero-order chi connectivity index (χ0) is 21.3. The van der Waals surface area contributed by atoms with Crippen LogP contribution in [0.15, 0.2) is 41.3 Å². The Kier molecular flexibility index (Phi) is 5.57. The molecule has 4 rings (SSSR count). The van der Waals surface area contributed by atoms with Gasteiger partial charge in [0.05, 0.1) is 11.4 Å². The van der Waals surface area contributed by atoms with Gasteiger partial charge in [-0.15, -0.1) is 0 Å². The second-order valence-corrected chi connectivity index (χ2v) is 9.55. The van der Waals surface area contributed by atoms with Crippen molar-refractivity contribution in [1.29, 1.82) is 0 Å². The van der Waals surface area contributed by atoms with Crippen LogP contribution in [-0.4, -0.2) is 46.0 Å². The van der Waals surface area contributed by atoms with E-state index in [2.05, 4.69) is 20.5 Å². The number of hydrogen-bond donors (Lipinski definition) is 2. The molecular weight excluding hydrogens is 400 g/mol. The molecule has 0 atom stereocenters. The van der Waals surface area contributed by atoms with Crippen LogP contribution in [0.5, 0.6) is 0 Å². The van der Waals surface area contributed by atoms with E-state index < -0.39 is 10.0 Å². The zero-order valence-electron chi connectivity index (χ0n) is 17.4. The summed E-state index contributed by atoms with van der Waals surface area (Å²) < 4.78 is 27.7. The molecule has 3 aromatic heterocycles. The van der Waals surface area contributed by atoms with Crippen molar-refractivity contribution in [2.75, 3.05) is 18.4 Å². The Balaban J connectivity index is 1.46. The lowest BCUT2D eigenvalue weighted by atomic mass is 9.94. The highest BCUT2D eigenvalue weighted by atomic mass is 32.2. The summed E-state index contributed by atoms with van der Waals surface area (Å²) in [5.74, 6) is 1.71. The molecule has 0 amide bonds. The number of aryl methyl sites for hydroxylation is 3. The number of rotatable bonds is 5. The highest BCUT2D eigenvalue weighted by Gasteiger charge is 2.33.